The molecule has 0 saturated heterocycles. The fourth-order valence-corrected chi connectivity index (χ4v) is 2.17. The fraction of sp³-hybridized carbons (Fsp3) is 0.188. The maximum atomic E-state index is 12.2. The van der Waals surface area contributed by atoms with Gasteiger partial charge in [-0.2, -0.15) is 0 Å². The van der Waals surface area contributed by atoms with Gasteiger partial charge in [0.25, 0.3) is 5.91 Å². The number of ether oxygens (including phenoxy) is 1. The van der Waals surface area contributed by atoms with Crippen LogP contribution in [0.3, 0.4) is 0 Å². The minimum absolute atomic E-state index is 0.154. The minimum Gasteiger partial charge on any atom is -0.508 e. The molecule has 1 heterocycles. The first-order valence-corrected chi connectivity index (χ1v) is 6.73. The van der Waals surface area contributed by atoms with Crippen LogP contribution in [-0.4, -0.2) is 23.7 Å². The second kappa shape index (κ2) is 5.36. The first-order chi connectivity index (χ1) is 10.1. The quantitative estimate of drug-likeness (QED) is 0.792. The van der Waals surface area contributed by atoms with E-state index in [-0.39, 0.29) is 11.7 Å². The molecule has 21 heavy (non-hydrogen) atoms. The highest BCUT2D eigenvalue weighted by Gasteiger charge is 2.25. The van der Waals surface area contributed by atoms with Crippen molar-refractivity contribution in [3.8, 4) is 11.5 Å². The van der Waals surface area contributed by atoms with Crippen LogP contribution in [0, 0.1) is 6.92 Å². The van der Waals surface area contributed by atoms with Crippen LogP contribution in [-0.2, 0) is 4.79 Å². The van der Waals surface area contributed by atoms with E-state index in [0.29, 0.717) is 18.0 Å². The molecule has 1 amide bonds. The van der Waals surface area contributed by atoms with Gasteiger partial charge in [0.05, 0.1) is 12.2 Å². The average Bonchev–Trinajstić information content (AvgIpc) is 2.50. The molecule has 0 saturated carbocycles. The van der Waals surface area contributed by atoms with Crippen molar-refractivity contribution in [1.82, 2.24) is 0 Å². The Morgan fingerprint density at radius 3 is 2.95 bits per heavy atom. The van der Waals surface area contributed by atoms with Crippen LogP contribution in [0.2, 0.25) is 0 Å². The molecule has 1 unspecified atom stereocenters. The molecule has 1 aliphatic rings. The van der Waals surface area contributed by atoms with E-state index in [9.17, 15) is 9.90 Å². The molecule has 108 valence electrons. The second-order valence-electron chi connectivity index (χ2n) is 4.97. The largest absolute Gasteiger partial charge is 0.508 e. The molecule has 0 aromatic heterocycles. The molecule has 5 nitrogen and oxygen atoms in total. The SMILES string of the molecule is Cc1ccc(NC(=O)C2CNc3ccccc3O2)cc1O. The predicted molar refractivity (Wildman–Crippen MR) is 80.8 cm³/mol. The number of phenolic OH excluding ortho intramolecular Hbond substituents is 1. The number of fused-ring (bicyclic) bond motifs is 1. The summed E-state index contributed by atoms with van der Waals surface area (Å²) in [5.74, 6) is 0.566. The summed E-state index contributed by atoms with van der Waals surface area (Å²) in [5.41, 5.74) is 2.19. The minimum atomic E-state index is -0.608. The van der Waals surface area contributed by atoms with Gasteiger partial charge in [-0.1, -0.05) is 18.2 Å². The van der Waals surface area contributed by atoms with Gasteiger partial charge in [-0.05, 0) is 30.7 Å². The summed E-state index contributed by atoms with van der Waals surface area (Å²) in [5, 5.41) is 15.6. The van der Waals surface area contributed by atoms with Gasteiger partial charge in [0, 0.05) is 11.8 Å². The van der Waals surface area contributed by atoms with Crippen LogP contribution < -0.4 is 15.4 Å². The number of anilines is 2. The molecule has 5 heteroatoms. The summed E-state index contributed by atoms with van der Waals surface area (Å²) >= 11 is 0. The van der Waals surface area contributed by atoms with Gasteiger partial charge in [-0.3, -0.25) is 4.79 Å². The van der Waals surface area contributed by atoms with E-state index in [0.717, 1.165) is 11.3 Å². The molecule has 2 aromatic carbocycles. The molecule has 0 spiro atoms. The van der Waals surface area contributed by atoms with E-state index in [4.69, 9.17) is 4.74 Å². The summed E-state index contributed by atoms with van der Waals surface area (Å²) < 4.78 is 5.68. The topological polar surface area (TPSA) is 70.6 Å². The number of aromatic hydroxyl groups is 1. The van der Waals surface area contributed by atoms with Crippen LogP contribution in [0.25, 0.3) is 0 Å². The van der Waals surface area contributed by atoms with E-state index in [1.165, 1.54) is 6.07 Å². The molecular formula is C16H16N2O3. The molecule has 2 aromatic rings. The Morgan fingerprint density at radius 1 is 1.33 bits per heavy atom. The summed E-state index contributed by atoms with van der Waals surface area (Å²) in [7, 11) is 0. The highest BCUT2D eigenvalue weighted by atomic mass is 16.5. The Balaban J connectivity index is 1.70. The Labute approximate surface area is 122 Å². The monoisotopic (exact) mass is 284 g/mol. The van der Waals surface area contributed by atoms with Crippen LogP contribution >= 0.6 is 0 Å². The summed E-state index contributed by atoms with van der Waals surface area (Å²) in [4.78, 5) is 12.2. The number of hydrogen-bond donors (Lipinski definition) is 3. The summed E-state index contributed by atoms with van der Waals surface area (Å²) in [6.07, 6.45) is -0.608. The normalized spacial score (nSPS) is 16.3. The van der Waals surface area contributed by atoms with E-state index in [2.05, 4.69) is 10.6 Å². The Bertz CT molecular complexity index is 685. The summed E-state index contributed by atoms with van der Waals surface area (Å²) in [6, 6.07) is 12.5. The third-order valence-corrected chi connectivity index (χ3v) is 3.40. The zero-order valence-electron chi connectivity index (χ0n) is 11.6. The molecule has 0 radical (unpaired) electrons. The molecule has 3 N–H and O–H groups in total. The van der Waals surface area contributed by atoms with Gasteiger partial charge < -0.3 is 20.5 Å². The number of carbonyl (C=O) groups excluding carboxylic acids is 1. The number of amides is 1. The lowest BCUT2D eigenvalue weighted by molar-refractivity contribution is -0.122. The highest BCUT2D eigenvalue weighted by molar-refractivity contribution is 5.95. The lowest BCUT2D eigenvalue weighted by Gasteiger charge is -2.26. The van der Waals surface area contributed by atoms with Crippen molar-refractivity contribution in [3.05, 3.63) is 48.0 Å². The number of para-hydroxylation sites is 2. The van der Waals surface area contributed by atoms with E-state index < -0.39 is 6.10 Å². The molecular weight excluding hydrogens is 268 g/mol. The molecule has 0 fully saturated rings. The zero-order chi connectivity index (χ0) is 14.8. The maximum absolute atomic E-state index is 12.2. The number of nitrogens with one attached hydrogen (secondary N) is 2. The first kappa shape index (κ1) is 13.3. The van der Waals surface area contributed by atoms with Gasteiger partial charge in [-0.15, -0.1) is 0 Å². The van der Waals surface area contributed by atoms with Crippen LogP contribution in [0.1, 0.15) is 5.56 Å². The highest BCUT2D eigenvalue weighted by Crippen LogP contribution is 2.28. The molecule has 1 atom stereocenters. The van der Waals surface area contributed by atoms with Gasteiger partial charge in [0.2, 0.25) is 0 Å². The third kappa shape index (κ3) is 2.76. The third-order valence-electron chi connectivity index (χ3n) is 3.40. The van der Waals surface area contributed by atoms with Crippen LogP contribution in [0.4, 0.5) is 11.4 Å². The number of benzene rings is 2. The van der Waals surface area contributed by atoms with E-state index >= 15 is 0 Å². The van der Waals surface area contributed by atoms with Gasteiger partial charge >= 0.3 is 0 Å². The fourth-order valence-electron chi connectivity index (χ4n) is 2.17. The van der Waals surface area contributed by atoms with Gasteiger partial charge in [0.15, 0.2) is 6.10 Å². The van der Waals surface area contributed by atoms with Gasteiger partial charge in [-0.25, -0.2) is 0 Å². The number of phenols is 1. The van der Waals surface area contributed by atoms with E-state index in [1.54, 1.807) is 19.1 Å². The smallest absolute Gasteiger partial charge is 0.267 e. The lowest BCUT2D eigenvalue weighted by Crippen LogP contribution is -2.41. The van der Waals surface area contributed by atoms with E-state index in [1.807, 2.05) is 24.3 Å². The number of hydrogen-bond acceptors (Lipinski definition) is 4. The van der Waals surface area contributed by atoms with Crippen LogP contribution in [0.15, 0.2) is 42.5 Å². The average molecular weight is 284 g/mol. The zero-order valence-corrected chi connectivity index (χ0v) is 11.6. The number of rotatable bonds is 2. The summed E-state index contributed by atoms with van der Waals surface area (Å²) in [6.45, 7) is 2.20. The van der Waals surface area contributed by atoms with Crippen LogP contribution in [0.5, 0.6) is 11.5 Å². The number of aryl methyl sites for hydroxylation is 1. The standard InChI is InChI=1S/C16H16N2O3/c1-10-6-7-11(8-13(10)19)18-16(20)15-9-17-12-4-2-3-5-14(12)21-15/h2-8,15,17,19H,9H2,1H3,(H,18,20). The Kier molecular flexibility index (Phi) is 3.39. The molecule has 1 aliphatic heterocycles. The maximum Gasteiger partial charge on any atom is 0.267 e. The van der Waals surface area contributed by atoms with Crippen molar-refractivity contribution >= 4 is 17.3 Å². The Morgan fingerprint density at radius 2 is 2.14 bits per heavy atom. The van der Waals surface area contributed by atoms with Crippen molar-refractivity contribution in [2.75, 3.05) is 17.2 Å². The molecule has 0 aliphatic carbocycles. The molecule has 0 bridgehead atoms. The lowest BCUT2D eigenvalue weighted by atomic mass is 10.2. The second-order valence-corrected chi connectivity index (χ2v) is 4.97. The van der Waals surface area contributed by atoms with Crippen molar-refractivity contribution in [3.63, 3.8) is 0 Å². The van der Waals surface area contributed by atoms with Crippen molar-refractivity contribution in [1.29, 1.82) is 0 Å². The van der Waals surface area contributed by atoms with Crippen molar-refractivity contribution < 1.29 is 14.6 Å². The predicted octanol–water partition coefficient (Wildman–Crippen LogP) is 2.51. The van der Waals surface area contributed by atoms with Crippen molar-refractivity contribution in [2.24, 2.45) is 0 Å². The Hall–Kier alpha value is -2.69. The van der Waals surface area contributed by atoms with Gasteiger partial charge in [0.1, 0.15) is 11.5 Å². The first-order valence-electron chi connectivity index (χ1n) is 6.73. The van der Waals surface area contributed by atoms with Crippen molar-refractivity contribution in [2.45, 2.75) is 13.0 Å². The number of carbonyl (C=O) groups is 1. The molecule has 3 rings (SSSR count).